The third-order valence-corrected chi connectivity index (χ3v) is 2.66. The second kappa shape index (κ2) is 11.4. The molecule has 0 bridgehead atoms. The average Bonchev–Trinajstić information content (AvgIpc) is 2.91. The van der Waals surface area contributed by atoms with Crippen LogP contribution >= 0.6 is 0 Å². The van der Waals surface area contributed by atoms with Gasteiger partial charge in [0.15, 0.2) is 0 Å². The van der Waals surface area contributed by atoms with Crippen LogP contribution in [0.2, 0.25) is 0 Å². The van der Waals surface area contributed by atoms with Gasteiger partial charge in [-0.2, -0.15) is 0 Å². The molecule has 0 radical (unpaired) electrons. The van der Waals surface area contributed by atoms with E-state index in [-0.39, 0.29) is 0 Å². The molecule has 0 unspecified atom stereocenters. The molecule has 0 saturated carbocycles. The van der Waals surface area contributed by atoms with Crippen molar-refractivity contribution < 1.29 is 14.0 Å². The SMILES string of the molecule is C/C=C\c1occ(N(CCC)C(=O)NC=O)c1/C=C\C.CC. The van der Waals surface area contributed by atoms with Gasteiger partial charge in [-0.3, -0.25) is 15.0 Å². The number of hydrogen-bond donors (Lipinski definition) is 1. The van der Waals surface area contributed by atoms with Crippen LogP contribution in [0.15, 0.2) is 22.8 Å². The van der Waals surface area contributed by atoms with Crippen LogP contribution < -0.4 is 10.2 Å². The first kappa shape index (κ1) is 19.7. The Labute approximate surface area is 132 Å². The predicted octanol–water partition coefficient (Wildman–Crippen LogP) is 4.45. The fraction of sp³-hybridized carbons (Fsp3) is 0.412. The molecule has 0 aromatic carbocycles. The van der Waals surface area contributed by atoms with E-state index < -0.39 is 6.03 Å². The topological polar surface area (TPSA) is 62.6 Å². The van der Waals surface area contributed by atoms with Gasteiger partial charge in [-0.25, -0.2) is 4.79 Å². The van der Waals surface area contributed by atoms with Gasteiger partial charge in [-0.1, -0.05) is 39.0 Å². The number of nitrogens with one attached hydrogen (secondary N) is 1. The summed E-state index contributed by atoms with van der Waals surface area (Å²) in [6.07, 6.45) is 10.1. The number of urea groups is 1. The molecule has 1 rings (SSSR count). The largest absolute Gasteiger partial charge is 0.462 e. The van der Waals surface area contributed by atoms with Crippen molar-refractivity contribution in [3.63, 3.8) is 0 Å². The number of amides is 3. The minimum absolute atomic E-state index is 0.382. The van der Waals surface area contributed by atoms with E-state index in [9.17, 15) is 9.59 Å². The van der Waals surface area contributed by atoms with Gasteiger partial charge in [0.25, 0.3) is 0 Å². The molecule has 0 aliphatic rings. The molecule has 5 heteroatoms. The zero-order valence-corrected chi connectivity index (χ0v) is 14.1. The Bertz CT molecular complexity index is 516. The Morgan fingerprint density at radius 3 is 2.41 bits per heavy atom. The fourth-order valence-electron chi connectivity index (χ4n) is 1.88. The Balaban J connectivity index is 0.00000211. The van der Waals surface area contributed by atoms with Crippen molar-refractivity contribution in [2.45, 2.75) is 41.0 Å². The molecule has 122 valence electrons. The molecule has 0 spiro atoms. The highest BCUT2D eigenvalue weighted by Gasteiger charge is 2.20. The van der Waals surface area contributed by atoms with Crippen molar-refractivity contribution in [1.29, 1.82) is 0 Å². The van der Waals surface area contributed by atoms with E-state index >= 15 is 0 Å². The maximum Gasteiger partial charge on any atom is 0.328 e. The first-order chi connectivity index (χ1) is 10.7. The summed E-state index contributed by atoms with van der Waals surface area (Å²) in [6.45, 7) is 10.2. The van der Waals surface area contributed by atoms with E-state index in [1.54, 1.807) is 0 Å². The van der Waals surface area contributed by atoms with Gasteiger partial charge in [0, 0.05) is 12.1 Å². The number of hydrogen-bond acceptors (Lipinski definition) is 3. The van der Waals surface area contributed by atoms with Crippen molar-refractivity contribution in [2.75, 3.05) is 11.4 Å². The third kappa shape index (κ3) is 5.24. The van der Waals surface area contributed by atoms with Gasteiger partial charge in [-0.05, 0) is 26.3 Å². The van der Waals surface area contributed by atoms with Gasteiger partial charge < -0.3 is 4.42 Å². The highest BCUT2D eigenvalue weighted by molar-refractivity contribution is 5.99. The molecule has 0 aliphatic carbocycles. The molecule has 1 heterocycles. The number of imide groups is 1. The molecule has 3 amide bonds. The Kier molecular flexibility index (Phi) is 10.2. The molecule has 0 aliphatic heterocycles. The number of carbonyl (C=O) groups is 2. The lowest BCUT2D eigenvalue weighted by Crippen LogP contribution is -2.40. The van der Waals surface area contributed by atoms with Crippen molar-refractivity contribution in [3.05, 3.63) is 29.7 Å². The summed E-state index contributed by atoms with van der Waals surface area (Å²) in [5, 5.41) is 2.16. The zero-order chi connectivity index (χ0) is 17.0. The van der Waals surface area contributed by atoms with Gasteiger partial charge in [-0.15, -0.1) is 0 Å². The van der Waals surface area contributed by atoms with Gasteiger partial charge in [0.1, 0.15) is 12.0 Å². The van der Waals surface area contributed by atoms with Gasteiger partial charge in [0.05, 0.1) is 5.69 Å². The van der Waals surface area contributed by atoms with E-state index in [1.807, 2.05) is 58.9 Å². The van der Waals surface area contributed by atoms with Crippen molar-refractivity contribution in [2.24, 2.45) is 0 Å². The minimum atomic E-state index is -0.458. The van der Waals surface area contributed by atoms with Gasteiger partial charge in [0.2, 0.25) is 6.41 Å². The summed E-state index contributed by atoms with van der Waals surface area (Å²) < 4.78 is 5.50. The number of allylic oxidation sites excluding steroid dienone is 2. The molecule has 0 fully saturated rings. The van der Waals surface area contributed by atoms with Crippen LogP contribution in [0.1, 0.15) is 52.4 Å². The number of rotatable bonds is 6. The third-order valence-electron chi connectivity index (χ3n) is 2.66. The number of nitrogens with zero attached hydrogens (tertiary/aromatic N) is 1. The Morgan fingerprint density at radius 2 is 1.91 bits per heavy atom. The van der Waals surface area contributed by atoms with Crippen LogP contribution in [-0.4, -0.2) is 19.0 Å². The second-order valence-electron chi connectivity index (χ2n) is 4.12. The first-order valence-electron chi connectivity index (χ1n) is 7.58. The lowest BCUT2D eigenvalue weighted by molar-refractivity contribution is -0.108. The zero-order valence-electron chi connectivity index (χ0n) is 14.1. The van der Waals surface area contributed by atoms with E-state index in [1.165, 1.54) is 11.2 Å². The van der Waals surface area contributed by atoms with Crippen LogP contribution in [0.25, 0.3) is 12.2 Å². The van der Waals surface area contributed by atoms with Crippen molar-refractivity contribution >= 4 is 30.3 Å². The number of anilines is 1. The average molecular weight is 306 g/mol. The molecule has 1 N–H and O–H groups in total. The quantitative estimate of drug-likeness (QED) is 0.789. The molecular formula is C17H26N2O3. The van der Waals surface area contributed by atoms with Crippen LogP contribution in [0.5, 0.6) is 0 Å². The maximum absolute atomic E-state index is 12.0. The fourth-order valence-corrected chi connectivity index (χ4v) is 1.88. The number of furan rings is 1. The maximum atomic E-state index is 12.0. The van der Waals surface area contributed by atoms with Gasteiger partial charge >= 0.3 is 6.03 Å². The Hall–Kier alpha value is -2.30. The molecule has 5 nitrogen and oxygen atoms in total. The summed E-state index contributed by atoms with van der Waals surface area (Å²) in [5.41, 5.74) is 1.47. The normalized spacial score (nSPS) is 10.4. The number of carbonyl (C=O) groups excluding carboxylic acids is 2. The summed E-state index contributed by atoms with van der Waals surface area (Å²) >= 11 is 0. The molecule has 0 saturated heterocycles. The molecular weight excluding hydrogens is 280 g/mol. The smallest absolute Gasteiger partial charge is 0.328 e. The summed E-state index contributed by atoms with van der Waals surface area (Å²) in [7, 11) is 0. The minimum Gasteiger partial charge on any atom is -0.462 e. The van der Waals surface area contributed by atoms with Crippen LogP contribution in [0.3, 0.4) is 0 Å². The van der Waals surface area contributed by atoms with E-state index in [4.69, 9.17) is 4.42 Å². The predicted molar refractivity (Wildman–Crippen MR) is 91.7 cm³/mol. The molecule has 1 aromatic heterocycles. The lowest BCUT2D eigenvalue weighted by atomic mass is 10.1. The highest BCUT2D eigenvalue weighted by atomic mass is 16.3. The molecule has 0 atom stereocenters. The van der Waals surface area contributed by atoms with E-state index in [2.05, 4.69) is 5.32 Å². The monoisotopic (exact) mass is 306 g/mol. The first-order valence-corrected chi connectivity index (χ1v) is 7.58. The van der Waals surface area contributed by atoms with Crippen molar-refractivity contribution in [1.82, 2.24) is 5.32 Å². The van der Waals surface area contributed by atoms with Crippen molar-refractivity contribution in [3.8, 4) is 0 Å². The lowest BCUT2D eigenvalue weighted by Gasteiger charge is -2.20. The highest BCUT2D eigenvalue weighted by Crippen LogP contribution is 2.29. The van der Waals surface area contributed by atoms with E-state index in [0.29, 0.717) is 24.4 Å². The van der Waals surface area contributed by atoms with Crippen LogP contribution in [-0.2, 0) is 4.79 Å². The summed E-state index contributed by atoms with van der Waals surface area (Å²) in [4.78, 5) is 23.9. The summed E-state index contributed by atoms with van der Waals surface area (Å²) in [6, 6.07) is -0.458. The summed E-state index contributed by atoms with van der Waals surface area (Å²) in [5.74, 6) is 0.681. The second-order valence-corrected chi connectivity index (χ2v) is 4.12. The molecule has 1 aromatic rings. The van der Waals surface area contributed by atoms with Crippen LogP contribution in [0, 0.1) is 0 Å². The van der Waals surface area contributed by atoms with Crippen LogP contribution in [0.4, 0.5) is 10.5 Å². The molecule has 22 heavy (non-hydrogen) atoms. The Morgan fingerprint density at radius 1 is 1.27 bits per heavy atom. The van der Waals surface area contributed by atoms with E-state index in [0.717, 1.165) is 12.0 Å². The standard InChI is InChI=1S/C15H20N2O3.C2H6/c1-4-7-12-13(10-20-14(12)8-5-2)17(9-6-3)15(19)16-11-18;1-2/h4-5,7-8,10-11H,6,9H2,1-3H3,(H,16,18,19);1-2H3/b7-4-,8-5-;.